The van der Waals surface area contributed by atoms with Crippen LogP contribution in [0.5, 0.6) is 0 Å². The smallest absolute Gasteiger partial charge is 0.318 e. The van der Waals surface area contributed by atoms with E-state index < -0.39 is 21.6 Å². The maximum absolute atomic E-state index is 13.9. The summed E-state index contributed by atoms with van der Waals surface area (Å²) in [5, 5.41) is 17.2. The minimum Gasteiger partial charge on any atom is -0.378 e. The lowest BCUT2D eigenvalue weighted by molar-refractivity contribution is -0.124. The van der Waals surface area contributed by atoms with Crippen LogP contribution in [0.1, 0.15) is 56.1 Å². The average Bonchev–Trinajstić information content (AvgIpc) is 3.67. The molecule has 3 fully saturated rings. The molecule has 6 rings (SSSR count). The van der Waals surface area contributed by atoms with Gasteiger partial charge in [0.2, 0.25) is 5.91 Å². The molecule has 2 atom stereocenters. The van der Waals surface area contributed by atoms with Crippen molar-refractivity contribution in [3.05, 3.63) is 65.9 Å². The first kappa shape index (κ1) is 33.0. The fraction of sp³-hybridized carbons (Fsp3) is 0.514. The number of hydrogen-bond donors (Lipinski definition) is 2. The third-order valence-electron chi connectivity index (χ3n) is 9.86. The van der Waals surface area contributed by atoms with Crippen LogP contribution in [0.4, 0.5) is 4.79 Å². The SMILES string of the molecule is Cc1ccc(S(=O)(=O)n2cc(CN3CCC(C#N)(NC(=O)[C@H](CC4CCCCC4)NC(=O)N4CCOCC4)C3)c3ccccc32)cc1. The van der Waals surface area contributed by atoms with Crippen molar-refractivity contribution >= 4 is 32.9 Å². The number of aromatic nitrogens is 1. The fourth-order valence-electron chi connectivity index (χ4n) is 7.17. The van der Waals surface area contributed by atoms with E-state index in [0.717, 1.165) is 42.2 Å². The summed E-state index contributed by atoms with van der Waals surface area (Å²) in [5.74, 6) is 0.0116. The van der Waals surface area contributed by atoms with Crippen molar-refractivity contribution in [2.45, 2.75) is 74.9 Å². The number of amides is 3. The van der Waals surface area contributed by atoms with Crippen LogP contribution in [0.3, 0.4) is 0 Å². The summed E-state index contributed by atoms with van der Waals surface area (Å²) >= 11 is 0. The maximum atomic E-state index is 13.9. The van der Waals surface area contributed by atoms with Gasteiger partial charge in [0, 0.05) is 44.3 Å². The van der Waals surface area contributed by atoms with Gasteiger partial charge in [0.05, 0.1) is 29.7 Å². The van der Waals surface area contributed by atoms with Crippen LogP contribution in [-0.2, 0) is 26.1 Å². The molecule has 3 heterocycles. The standard InChI is InChI=1S/C35H44N6O5S/c1-26-11-13-29(14-12-26)47(44,45)41-23-28(30-9-5-6-10-32(30)41)22-39-16-15-35(24-36,25-39)38-33(42)31(21-27-7-3-2-4-8-27)37-34(43)40-17-19-46-20-18-40/h5-6,9-14,23,27,31H,2-4,7-8,15-22,25H2,1H3,(H,37,43)(H,38,42)/t31-,35?/m0/s1. The lowest BCUT2D eigenvalue weighted by atomic mass is 9.84. The number of carbonyl (C=O) groups is 2. The van der Waals surface area contributed by atoms with Gasteiger partial charge in [-0.25, -0.2) is 17.2 Å². The van der Waals surface area contributed by atoms with E-state index >= 15 is 0 Å². The van der Waals surface area contributed by atoms with E-state index in [1.54, 1.807) is 41.4 Å². The van der Waals surface area contributed by atoms with E-state index in [0.29, 0.717) is 63.7 Å². The van der Waals surface area contributed by atoms with Crippen LogP contribution in [0.2, 0.25) is 0 Å². The van der Waals surface area contributed by atoms with Crippen LogP contribution < -0.4 is 10.6 Å². The number of nitriles is 1. The Morgan fingerprint density at radius 1 is 1.04 bits per heavy atom. The lowest BCUT2D eigenvalue weighted by Gasteiger charge is -2.32. The highest BCUT2D eigenvalue weighted by atomic mass is 32.2. The first-order valence-electron chi connectivity index (χ1n) is 16.7. The number of aryl methyl sites for hydroxylation is 1. The highest BCUT2D eigenvalue weighted by molar-refractivity contribution is 7.90. The Bertz CT molecular complexity index is 1740. The van der Waals surface area contributed by atoms with Gasteiger partial charge in [-0.2, -0.15) is 5.26 Å². The highest BCUT2D eigenvalue weighted by Crippen LogP contribution is 2.31. The number of fused-ring (bicyclic) bond motifs is 1. The van der Waals surface area contributed by atoms with Gasteiger partial charge in [-0.15, -0.1) is 0 Å². The van der Waals surface area contributed by atoms with Gasteiger partial charge < -0.3 is 20.3 Å². The second kappa shape index (κ2) is 14.1. The normalized spacial score (nSPS) is 21.7. The third-order valence-corrected chi connectivity index (χ3v) is 11.6. The number of rotatable bonds is 9. The third kappa shape index (κ3) is 7.32. The second-order valence-electron chi connectivity index (χ2n) is 13.3. The van der Waals surface area contributed by atoms with Crippen LogP contribution in [-0.4, -0.2) is 85.1 Å². The molecule has 0 radical (unpaired) electrons. The minimum absolute atomic E-state index is 0.214. The summed E-state index contributed by atoms with van der Waals surface area (Å²) in [5.41, 5.74) is 1.26. The van der Waals surface area contributed by atoms with E-state index in [9.17, 15) is 23.3 Å². The van der Waals surface area contributed by atoms with Crippen molar-refractivity contribution in [2.24, 2.45) is 5.92 Å². The van der Waals surface area contributed by atoms with E-state index in [1.165, 1.54) is 10.4 Å². The van der Waals surface area contributed by atoms with Gasteiger partial charge in [0.25, 0.3) is 10.0 Å². The molecule has 2 N–H and O–H groups in total. The predicted molar refractivity (Wildman–Crippen MR) is 178 cm³/mol. The van der Waals surface area contributed by atoms with Gasteiger partial charge in [0.1, 0.15) is 11.6 Å². The van der Waals surface area contributed by atoms with E-state index in [1.807, 2.05) is 25.1 Å². The zero-order valence-electron chi connectivity index (χ0n) is 27.0. The summed E-state index contributed by atoms with van der Waals surface area (Å²) in [6, 6.07) is 15.6. The lowest BCUT2D eigenvalue weighted by Crippen LogP contribution is -2.58. The van der Waals surface area contributed by atoms with Crippen molar-refractivity contribution in [3.8, 4) is 6.07 Å². The summed E-state index contributed by atoms with van der Waals surface area (Å²) in [7, 11) is -3.83. The molecule has 0 bridgehead atoms. The Labute approximate surface area is 276 Å². The summed E-state index contributed by atoms with van der Waals surface area (Å²) in [4.78, 5) is 31.0. The van der Waals surface area contributed by atoms with Crippen LogP contribution in [0.15, 0.2) is 59.6 Å². The first-order valence-corrected chi connectivity index (χ1v) is 18.1. The number of likely N-dealkylation sites (tertiary alicyclic amines) is 1. The molecular formula is C35H44N6O5S. The van der Waals surface area contributed by atoms with E-state index in [-0.39, 0.29) is 23.4 Å². The summed E-state index contributed by atoms with van der Waals surface area (Å²) in [6.45, 7) is 5.05. The maximum Gasteiger partial charge on any atom is 0.318 e. The van der Waals surface area contributed by atoms with Crippen molar-refractivity contribution in [1.29, 1.82) is 5.26 Å². The van der Waals surface area contributed by atoms with Crippen molar-refractivity contribution < 1.29 is 22.7 Å². The Kier molecular flexibility index (Phi) is 9.87. The van der Waals surface area contributed by atoms with Gasteiger partial charge in [-0.1, -0.05) is 68.0 Å². The number of urea groups is 1. The molecule has 1 aromatic heterocycles. The topological polar surface area (TPSA) is 137 Å². The molecule has 2 saturated heterocycles. The number of benzene rings is 2. The summed E-state index contributed by atoms with van der Waals surface area (Å²) in [6.07, 6.45) is 8.13. The molecule has 1 aliphatic carbocycles. The van der Waals surface area contributed by atoms with Crippen molar-refractivity contribution in [2.75, 3.05) is 39.4 Å². The Morgan fingerprint density at radius 2 is 1.77 bits per heavy atom. The zero-order valence-corrected chi connectivity index (χ0v) is 27.8. The fourth-order valence-corrected chi connectivity index (χ4v) is 8.56. The Hall–Kier alpha value is -3.92. The molecule has 3 amide bonds. The zero-order chi connectivity index (χ0) is 33.0. The minimum atomic E-state index is -3.83. The van der Waals surface area contributed by atoms with Gasteiger partial charge in [0.15, 0.2) is 0 Å². The molecule has 1 unspecified atom stereocenters. The van der Waals surface area contributed by atoms with Crippen LogP contribution in [0, 0.1) is 24.2 Å². The molecule has 12 heteroatoms. The molecular weight excluding hydrogens is 616 g/mol. The number of carbonyl (C=O) groups excluding carboxylic acids is 2. The molecule has 2 aliphatic heterocycles. The highest BCUT2D eigenvalue weighted by Gasteiger charge is 2.42. The number of nitrogens with one attached hydrogen (secondary N) is 2. The van der Waals surface area contributed by atoms with Crippen LogP contribution in [0.25, 0.3) is 10.9 Å². The molecule has 3 aromatic rings. The van der Waals surface area contributed by atoms with Gasteiger partial charge in [-0.3, -0.25) is 9.69 Å². The molecule has 3 aliphatic rings. The second-order valence-corrected chi connectivity index (χ2v) is 15.1. The average molecular weight is 661 g/mol. The molecule has 250 valence electrons. The van der Waals surface area contributed by atoms with Crippen molar-refractivity contribution in [3.63, 3.8) is 0 Å². The Balaban J connectivity index is 1.18. The predicted octanol–water partition coefficient (Wildman–Crippen LogP) is 4.15. The molecule has 11 nitrogen and oxygen atoms in total. The van der Waals surface area contributed by atoms with Crippen molar-refractivity contribution in [1.82, 2.24) is 24.4 Å². The summed E-state index contributed by atoms with van der Waals surface area (Å²) < 4.78 is 34.1. The first-order chi connectivity index (χ1) is 22.7. The molecule has 2 aromatic carbocycles. The van der Waals surface area contributed by atoms with Gasteiger partial charge >= 0.3 is 6.03 Å². The Morgan fingerprint density at radius 3 is 2.49 bits per heavy atom. The molecule has 1 saturated carbocycles. The van der Waals surface area contributed by atoms with E-state index in [2.05, 4.69) is 21.6 Å². The number of nitrogens with zero attached hydrogens (tertiary/aromatic N) is 4. The number of para-hydroxylation sites is 1. The molecule has 0 spiro atoms. The van der Waals surface area contributed by atoms with E-state index in [4.69, 9.17) is 4.74 Å². The number of morpholine rings is 1. The van der Waals surface area contributed by atoms with Gasteiger partial charge in [-0.05, 0) is 49.4 Å². The number of ether oxygens (including phenoxy) is 1. The monoisotopic (exact) mass is 660 g/mol. The van der Waals surface area contributed by atoms with Crippen LogP contribution >= 0.6 is 0 Å². The molecule has 47 heavy (non-hydrogen) atoms. The largest absolute Gasteiger partial charge is 0.378 e. The number of hydrogen-bond acceptors (Lipinski definition) is 7. The quantitative estimate of drug-likeness (QED) is 0.352.